The molecule has 0 aromatic heterocycles. The maximum absolute atomic E-state index is 10.6. The second-order valence-electron chi connectivity index (χ2n) is 6.69. The highest BCUT2D eigenvalue weighted by atomic mass is 16.4. The maximum atomic E-state index is 10.6. The van der Waals surface area contributed by atoms with Crippen molar-refractivity contribution < 1.29 is 15.0 Å². The lowest BCUT2D eigenvalue weighted by molar-refractivity contribution is -0.139. The summed E-state index contributed by atoms with van der Waals surface area (Å²) in [7, 11) is 0. The van der Waals surface area contributed by atoms with Crippen LogP contribution in [-0.2, 0) is 4.79 Å². The molecule has 3 aliphatic rings. The molecule has 4 heteroatoms. The van der Waals surface area contributed by atoms with E-state index < -0.39 is 11.9 Å². The maximum Gasteiger partial charge on any atom is 0.313 e. The van der Waals surface area contributed by atoms with Gasteiger partial charge in [-0.3, -0.25) is 4.79 Å². The quantitative estimate of drug-likeness (QED) is 0.803. The van der Waals surface area contributed by atoms with E-state index in [-0.39, 0.29) is 6.61 Å². The average molecular weight is 305 g/mol. The molecule has 0 spiro atoms. The van der Waals surface area contributed by atoms with Crippen molar-refractivity contribution in [3.05, 3.63) is 35.9 Å². The van der Waals surface area contributed by atoms with Crippen LogP contribution in [-0.4, -0.2) is 34.4 Å². The van der Waals surface area contributed by atoms with Crippen LogP contribution in [0.5, 0.6) is 0 Å². The number of carbonyl (C=O) groups is 1. The standard InChI is InChI=1S/C9H17N.C9H10O3/c1-9-6-4-2-3-5-8(7-9)10-9;10-6-8(9(11)12)7-4-2-1-3-5-7/h8,10H,2-7H2,1H3;1-5,8,10H,6H2,(H,11,12). The molecule has 4 nitrogen and oxygen atoms in total. The number of fused-ring (bicyclic) bond motifs is 4. The van der Waals surface area contributed by atoms with Gasteiger partial charge in [0.05, 0.1) is 6.61 Å². The van der Waals surface area contributed by atoms with E-state index in [1.165, 1.54) is 38.5 Å². The molecular weight excluding hydrogens is 278 g/mol. The number of hydrogen-bond acceptors (Lipinski definition) is 3. The normalized spacial score (nSPS) is 28.2. The number of carboxylic acids is 1. The van der Waals surface area contributed by atoms with E-state index in [0.29, 0.717) is 11.1 Å². The molecular formula is C18H27NO3. The van der Waals surface area contributed by atoms with Crippen LogP contribution >= 0.6 is 0 Å². The summed E-state index contributed by atoms with van der Waals surface area (Å²) in [6.07, 6.45) is 8.63. The lowest BCUT2D eigenvalue weighted by atomic mass is 9.75. The molecule has 0 radical (unpaired) electrons. The molecule has 3 N–H and O–H groups in total. The number of aliphatic hydroxyl groups is 1. The Hall–Kier alpha value is -1.39. The molecule has 2 bridgehead atoms. The Kier molecular flexibility index (Phi) is 5.98. The van der Waals surface area contributed by atoms with Gasteiger partial charge in [-0.1, -0.05) is 49.6 Å². The lowest BCUT2D eigenvalue weighted by Crippen LogP contribution is -2.62. The molecule has 2 heterocycles. The number of hydrogen-bond donors (Lipinski definition) is 3. The molecule has 1 aromatic carbocycles. The van der Waals surface area contributed by atoms with Crippen molar-refractivity contribution in [2.75, 3.05) is 6.61 Å². The third-order valence-electron chi connectivity index (χ3n) is 4.71. The molecule has 1 aromatic rings. The van der Waals surface area contributed by atoms with Gasteiger partial charge in [-0.25, -0.2) is 0 Å². The van der Waals surface area contributed by atoms with Crippen LogP contribution in [0.3, 0.4) is 0 Å². The Labute approximate surface area is 132 Å². The topological polar surface area (TPSA) is 69.6 Å². The first-order chi connectivity index (χ1) is 10.5. The zero-order chi connectivity index (χ0) is 16.0. The van der Waals surface area contributed by atoms with Gasteiger partial charge in [0.25, 0.3) is 0 Å². The number of benzene rings is 1. The van der Waals surface area contributed by atoms with Gasteiger partial charge in [0.15, 0.2) is 0 Å². The molecule has 1 aliphatic carbocycles. The fourth-order valence-electron chi connectivity index (χ4n) is 3.46. The first-order valence-electron chi connectivity index (χ1n) is 8.20. The Morgan fingerprint density at radius 3 is 2.59 bits per heavy atom. The van der Waals surface area contributed by atoms with Crippen molar-refractivity contribution >= 4 is 5.97 Å². The number of rotatable bonds is 3. The molecule has 1 saturated carbocycles. The summed E-state index contributed by atoms with van der Waals surface area (Å²) in [5, 5.41) is 21.1. The SMILES string of the molecule is CC12CCCCCC(C1)N2.O=C(O)C(CO)c1ccccc1. The molecule has 0 amide bonds. The molecule has 4 rings (SSSR count). The summed E-state index contributed by atoms with van der Waals surface area (Å²) >= 11 is 0. The third-order valence-corrected chi connectivity index (χ3v) is 4.71. The fourth-order valence-corrected chi connectivity index (χ4v) is 3.46. The summed E-state index contributed by atoms with van der Waals surface area (Å²) in [4.78, 5) is 10.6. The van der Waals surface area contributed by atoms with Crippen molar-refractivity contribution in [2.24, 2.45) is 0 Å². The van der Waals surface area contributed by atoms with Crippen LogP contribution in [0.2, 0.25) is 0 Å². The molecule has 22 heavy (non-hydrogen) atoms. The second kappa shape index (κ2) is 7.75. The zero-order valence-corrected chi connectivity index (χ0v) is 13.3. The van der Waals surface area contributed by atoms with Gasteiger partial charge in [-0.15, -0.1) is 0 Å². The monoisotopic (exact) mass is 305 g/mol. The van der Waals surface area contributed by atoms with Gasteiger partial charge in [-0.05, 0) is 31.7 Å². The van der Waals surface area contributed by atoms with Crippen LogP contribution < -0.4 is 5.32 Å². The zero-order valence-electron chi connectivity index (χ0n) is 13.3. The van der Waals surface area contributed by atoms with Gasteiger partial charge in [-0.2, -0.15) is 0 Å². The predicted octanol–water partition coefficient (Wildman–Crippen LogP) is 2.92. The van der Waals surface area contributed by atoms with E-state index in [1.54, 1.807) is 30.3 Å². The highest BCUT2D eigenvalue weighted by Gasteiger charge is 2.39. The first-order valence-corrected chi connectivity index (χ1v) is 8.20. The van der Waals surface area contributed by atoms with E-state index in [0.717, 1.165) is 6.04 Å². The first kappa shape index (κ1) is 17.0. The Morgan fingerprint density at radius 1 is 1.32 bits per heavy atom. The van der Waals surface area contributed by atoms with Gasteiger partial charge >= 0.3 is 5.97 Å². The van der Waals surface area contributed by atoms with Crippen molar-refractivity contribution in [1.29, 1.82) is 0 Å². The minimum absolute atomic E-state index is 0.362. The summed E-state index contributed by atoms with van der Waals surface area (Å²) in [6, 6.07) is 9.57. The molecule has 3 fully saturated rings. The van der Waals surface area contributed by atoms with E-state index in [2.05, 4.69) is 12.2 Å². The molecule has 122 valence electrons. The van der Waals surface area contributed by atoms with E-state index in [1.807, 2.05) is 0 Å². The summed E-state index contributed by atoms with van der Waals surface area (Å²) in [5.41, 5.74) is 1.18. The largest absolute Gasteiger partial charge is 0.481 e. The van der Waals surface area contributed by atoms with E-state index >= 15 is 0 Å². The van der Waals surface area contributed by atoms with Crippen LogP contribution in [0.15, 0.2) is 30.3 Å². The average Bonchev–Trinajstić information content (AvgIpc) is 2.44. The van der Waals surface area contributed by atoms with Crippen LogP contribution in [0.1, 0.15) is 56.9 Å². The minimum atomic E-state index is -0.997. The summed E-state index contributed by atoms with van der Waals surface area (Å²) in [6.45, 7) is 2.01. The number of nitrogens with one attached hydrogen (secondary N) is 1. The predicted molar refractivity (Wildman–Crippen MR) is 86.9 cm³/mol. The van der Waals surface area contributed by atoms with Crippen molar-refractivity contribution in [3.63, 3.8) is 0 Å². The van der Waals surface area contributed by atoms with Crippen LogP contribution in [0.25, 0.3) is 0 Å². The highest BCUT2D eigenvalue weighted by molar-refractivity contribution is 5.76. The number of carboxylic acid groups (broad SMARTS) is 1. The van der Waals surface area contributed by atoms with Gasteiger partial charge in [0, 0.05) is 11.6 Å². The van der Waals surface area contributed by atoms with E-state index in [4.69, 9.17) is 10.2 Å². The lowest BCUT2D eigenvalue weighted by Gasteiger charge is -2.49. The Bertz CT molecular complexity index is 463. The second-order valence-corrected chi connectivity index (χ2v) is 6.69. The minimum Gasteiger partial charge on any atom is -0.481 e. The number of aliphatic hydroxyl groups excluding tert-OH is 1. The Morgan fingerprint density at radius 2 is 2.00 bits per heavy atom. The van der Waals surface area contributed by atoms with Crippen molar-refractivity contribution in [3.8, 4) is 0 Å². The number of aliphatic carboxylic acids is 1. The van der Waals surface area contributed by atoms with Gasteiger partial charge < -0.3 is 15.5 Å². The molecule has 2 aliphatic heterocycles. The van der Waals surface area contributed by atoms with Crippen molar-refractivity contribution in [2.45, 2.75) is 62.9 Å². The van der Waals surface area contributed by atoms with Gasteiger partial charge in [0.2, 0.25) is 0 Å². The summed E-state index contributed by atoms with van der Waals surface area (Å²) < 4.78 is 0. The highest BCUT2D eigenvalue weighted by Crippen LogP contribution is 2.34. The van der Waals surface area contributed by atoms with Crippen LogP contribution in [0, 0.1) is 0 Å². The smallest absolute Gasteiger partial charge is 0.313 e. The van der Waals surface area contributed by atoms with Crippen LogP contribution in [0.4, 0.5) is 0 Å². The molecule has 3 unspecified atom stereocenters. The third kappa shape index (κ3) is 4.55. The van der Waals surface area contributed by atoms with Crippen molar-refractivity contribution in [1.82, 2.24) is 5.32 Å². The Balaban J connectivity index is 0.000000162. The fraction of sp³-hybridized carbons (Fsp3) is 0.611. The molecule has 3 atom stereocenters. The summed E-state index contributed by atoms with van der Waals surface area (Å²) in [5.74, 6) is -1.80. The van der Waals surface area contributed by atoms with E-state index in [9.17, 15) is 4.79 Å². The van der Waals surface area contributed by atoms with Gasteiger partial charge in [0.1, 0.15) is 5.92 Å². The molecule has 2 saturated heterocycles.